The van der Waals surface area contributed by atoms with Crippen LogP contribution >= 0.6 is 0 Å². The minimum atomic E-state index is -0.0196. The number of carbonyl (C=O) groups excluding carboxylic acids is 1. The summed E-state index contributed by atoms with van der Waals surface area (Å²) in [6.07, 6.45) is 1.04. The van der Waals surface area contributed by atoms with Crippen LogP contribution in [0.5, 0.6) is 5.75 Å². The van der Waals surface area contributed by atoms with Crippen molar-refractivity contribution in [1.29, 1.82) is 0 Å². The van der Waals surface area contributed by atoms with E-state index in [1.165, 1.54) is 0 Å². The van der Waals surface area contributed by atoms with E-state index >= 15 is 0 Å². The fourth-order valence-electron chi connectivity index (χ4n) is 2.48. The smallest absolute Gasteiger partial charge is 0.251 e. The van der Waals surface area contributed by atoms with Crippen molar-refractivity contribution in [3.05, 3.63) is 29.8 Å². The molecule has 0 unspecified atom stereocenters. The van der Waals surface area contributed by atoms with Gasteiger partial charge < -0.3 is 15.4 Å². The first-order valence-electron chi connectivity index (χ1n) is 8.59. The maximum Gasteiger partial charge on any atom is 0.251 e. The van der Waals surface area contributed by atoms with Crippen molar-refractivity contribution in [3.8, 4) is 5.75 Å². The lowest BCUT2D eigenvalue weighted by atomic mass is 10.1. The van der Waals surface area contributed by atoms with Crippen LogP contribution in [0.3, 0.4) is 0 Å². The van der Waals surface area contributed by atoms with E-state index in [1.54, 1.807) is 0 Å². The van der Waals surface area contributed by atoms with Gasteiger partial charge in [-0.3, -0.25) is 9.69 Å². The van der Waals surface area contributed by atoms with Gasteiger partial charge in [0.05, 0.1) is 6.61 Å². The molecular weight excluding hydrogens is 290 g/mol. The maximum absolute atomic E-state index is 12.1. The summed E-state index contributed by atoms with van der Waals surface area (Å²) in [7, 11) is 0. The van der Waals surface area contributed by atoms with E-state index in [0.717, 1.165) is 44.9 Å². The molecule has 23 heavy (non-hydrogen) atoms. The van der Waals surface area contributed by atoms with Gasteiger partial charge in [0.2, 0.25) is 0 Å². The van der Waals surface area contributed by atoms with Gasteiger partial charge in [0.15, 0.2) is 0 Å². The van der Waals surface area contributed by atoms with Crippen LogP contribution in [0.2, 0.25) is 0 Å². The van der Waals surface area contributed by atoms with Crippen molar-refractivity contribution >= 4 is 5.91 Å². The lowest BCUT2D eigenvalue weighted by molar-refractivity contribution is 0.0947. The minimum absolute atomic E-state index is 0.0196. The molecule has 5 nitrogen and oxygen atoms in total. The van der Waals surface area contributed by atoms with Gasteiger partial charge in [-0.1, -0.05) is 13.8 Å². The third kappa shape index (κ3) is 6.59. The molecule has 1 aromatic rings. The SMILES string of the molecule is CC(C)CCOc1ccc(C(=O)NCCN2CCNCC2)cc1. The zero-order valence-electron chi connectivity index (χ0n) is 14.3. The molecule has 2 rings (SSSR count). The molecule has 1 saturated heterocycles. The third-order valence-corrected chi connectivity index (χ3v) is 4.00. The van der Waals surface area contributed by atoms with Crippen molar-refractivity contribution in [2.75, 3.05) is 45.9 Å². The second-order valence-electron chi connectivity index (χ2n) is 6.40. The number of nitrogens with zero attached hydrogens (tertiary/aromatic N) is 1. The first-order valence-corrected chi connectivity index (χ1v) is 8.59. The average molecular weight is 319 g/mol. The molecule has 1 amide bonds. The molecule has 0 saturated carbocycles. The lowest BCUT2D eigenvalue weighted by Gasteiger charge is -2.27. The van der Waals surface area contributed by atoms with Crippen LogP contribution in [0.25, 0.3) is 0 Å². The highest BCUT2D eigenvalue weighted by atomic mass is 16.5. The molecule has 1 fully saturated rings. The molecule has 0 radical (unpaired) electrons. The number of benzene rings is 1. The molecule has 1 aromatic carbocycles. The van der Waals surface area contributed by atoms with Crippen molar-refractivity contribution in [2.45, 2.75) is 20.3 Å². The maximum atomic E-state index is 12.1. The molecule has 128 valence electrons. The van der Waals surface area contributed by atoms with E-state index in [9.17, 15) is 4.79 Å². The Bertz CT molecular complexity index is 468. The van der Waals surface area contributed by atoms with Gasteiger partial charge in [-0.15, -0.1) is 0 Å². The number of carbonyl (C=O) groups is 1. The molecule has 2 N–H and O–H groups in total. The zero-order chi connectivity index (χ0) is 16.5. The first-order chi connectivity index (χ1) is 11.1. The van der Waals surface area contributed by atoms with Crippen LogP contribution < -0.4 is 15.4 Å². The number of rotatable bonds is 8. The highest BCUT2D eigenvalue weighted by molar-refractivity contribution is 5.94. The molecule has 0 aromatic heterocycles. The van der Waals surface area contributed by atoms with Crippen LogP contribution in [-0.4, -0.2) is 56.7 Å². The lowest BCUT2D eigenvalue weighted by Crippen LogP contribution is -2.46. The van der Waals surface area contributed by atoms with Crippen molar-refractivity contribution in [1.82, 2.24) is 15.5 Å². The molecule has 0 atom stereocenters. The predicted molar refractivity (Wildman–Crippen MR) is 93.0 cm³/mol. The fraction of sp³-hybridized carbons (Fsp3) is 0.611. The molecule has 1 heterocycles. The second kappa shape index (κ2) is 9.53. The Morgan fingerprint density at radius 1 is 1.26 bits per heavy atom. The summed E-state index contributed by atoms with van der Waals surface area (Å²) in [4.78, 5) is 14.5. The summed E-state index contributed by atoms with van der Waals surface area (Å²) < 4.78 is 5.67. The Morgan fingerprint density at radius 3 is 2.61 bits per heavy atom. The summed E-state index contributed by atoms with van der Waals surface area (Å²) in [5, 5.41) is 6.31. The van der Waals surface area contributed by atoms with E-state index < -0.39 is 0 Å². The van der Waals surface area contributed by atoms with Gasteiger partial charge in [0, 0.05) is 44.8 Å². The summed E-state index contributed by atoms with van der Waals surface area (Å²) >= 11 is 0. The van der Waals surface area contributed by atoms with E-state index in [-0.39, 0.29) is 5.91 Å². The normalized spacial score (nSPS) is 15.6. The monoisotopic (exact) mass is 319 g/mol. The standard InChI is InChI=1S/C18H29N3O2/c1-15(2)7-14-23-17-5-3-16(4-6-17)18(22)20-10-13-21-11-8-19-9-12-21/h3-6,15,19H,7-14H2,1-2H3,(H,20,22). The largest absolute Gasteiger partial charge is 0.494 e. The third-order valence-electron chi connectivity index (χ3n) is 4.00. The van der Waals surface area contributed by atoms with E-state index in [4.69, 9.17) is 4.74 Å². The van der Waals surface area contributed by atoms with Crippen molar-refractivity contribution < 1.29 is 9.53 Å². The molecule has 1 aliphatic rings. The Labute approximate surface area is 139 Å². The van der Waals surface area contributed by atoms with Crippen LogP contribution in [0.1, 0.15) is 30.6 Å². The molecule has 0 spiro atoms. The van der Waals surface area contributed by atoms with Crippen LogP contribution in [0.15, 0.2) is 24.3 Å². The second-order valence-corrected chi connectivity index (χ2v) is 6.40. The Balaban J connectivity index is 1.69. The predicted octanol–water partition coefficient (Wildman–Crippen LogP) is 1.75. The van der Waals surface area contributed by atoms with Gasteiger partial charge in [0.25, 0.3) is 5.91 Å². The number of amides is 1. The van der Waals surface area contributed by atoms with Crippen LogP contribution in [-0.2, 0) is 0 Å². The summed E-state index contributed by atoms with van der Waals surface area (Å²) in [6, 6.07) is 7.38. The summed E-state index contributed by atoms with van der Waals surface area (Å²) in [6.45, 7) is 10.8. The highest BCUT2D eigenvalue weighted by Gasteiger charge is 2.10. The number of piperazine rings is 1. The summed E-state index contributed by atoms with van der Waals surface area (Å²) in [5.74, 6) is 1.44. The Kier molecular flexibility index (Phi) is 7.36. The van der Waals surface area contributed by atoms with Crippen LogP contribution in [0, 0.1) is 5.92 Å². The Morgan fingerprint density at radius 2 is 1.96 bits per heavy atom. The number of hydrogen-bond donors (Lipinski definition) is 2. The van der Waals surface area contributed by atoms with Gasteiger partial charge in [-0.05, 0) is 36.6 Å². The quantitative estimate of drug-likeness (QED) is 0.766. The van der Waals surface area contributed by atoms with Crippen molar-refractivity contribution in [3.63, 3.8) is 0 Å². The molecule has 0 bridgehead atoms. The summed E-state index contributed by atoms with van der Waals surface area (Å²) in [5.41, 5.74) is 0.682. The van der Waals surface area contributed by atoms with Crippen LogP contribution in [0.4, 0.5) is 0 Å². The van der Waals surface area contributed by atoms with Gasteiger partial charge in [0.1, 0.15) is 5.75 Å². The fourth-order valence-corrected chi connectivity index (χ4v) is 2.48. The average Bonchev–Trinajstić information content (AvgIpc) is 2.56. The number of ether oxygens (including phenoxy) is 1. The Hall–Kier alpha value is -1.59. The highest BCUT2D eigenvalue weighted by Crippen LogP contribution is 2.13. The number of nitrogens with one attached hydrogen (secondary N) is 2. The molecule has 1 aliphatic heterocycles. The minimum Gasteiger partial charge on any atom is -0.494 e. The van der Waals surface area contributed by atoms with E-state index in [0.29, 0.717) is 24.6 Å². The molecule has 0 aliphatic carbocycles. The van der Waals surface area contributed by atoms with Gasteiger partial charge >= 0.3 is 0 Å². The van der Waals surface area contributed by atoms with Gasteiger partial charge in [-0.2, -0.15) is 0 Å². The number of hydrogen-bond acceptors (Lipinski definition) is 4. The topological polar surface area (TPSA) is 53.6 Å². The molecule has 5 heteroatoms. The van der Waals surface area contributed by atoms with Gasteiger partial charge in [-0.25, -0.2) is 0 Å². The van der Waals surface area contributed by atoms with E-state index in [2.05, 4.69) is 29.4 Å². The first kappa shape index (κ1) is 17.8. The zero-order valence-corrected chi connectivity index (χ0v) is 14.3. The van der Waals surface area contributed by atoms with Crippen molar-refractivity contribution in [2.24, 2.45) is 5.92 Å². The van der Waals surface area contributed by atoms with E-state index in [1.807, 2.05) is 24.3 Å². The molecular formula is C18H29N3O2.